The third-order valence-corrected chi connectivity index (χ3v) is 7.69. The van der Waals surface area contributed by atoms with Gasteiger partial charge in [-0.15, -0.1) is 0 Å². The number of aliphatic hydroxyl groups is 2. The lowest BCUT2D eigenvalue weighted by atomic mass is 9.59. The molecular formula is C23H34O7. The maximum absolute atomic E-state index is 13.3. The minimum Gasteiger partial charge on any atom is -0.396 e. The molecule has 7 nitrogen and oxygen atoms in total. The SMILES string of the molecule is C=CC(=O)OC(=O)C1(C(O)CCCCCO)CCC2OC2C1CC1CCC2OC2C1. The first kappa shape index (κ1) is 21.9. The number of esters is 2. The average Bonchev–Trinajstić information content (AvgIpc) is 3.65. The van der Waals surface area contributed by atoms with Crippen molar-refractivity contribution < 1.29 is 34.0 Å². The van der Waals surface area contributed by atoms with Crippen molar-refractivity contribution in [2.75, 3.05) is 6.61 Å². The molecule has 7 heteroatoms. The van der Waals surface area contributed by atoms with Crippen LogP contribution in [0.3, 0.4) is 0 Å². The van der Waals surface area contributed by atoms with Crippen LogP contribution in [0.25, 0.3) is 0 Å². The molecule has 0 spiro atoms. The summed E-state index contributed by atoms with van der Waals surface area (Å²) < 4.78 is 16.7. The van der Waals surface area contributed by atoms with Gasteiger partial charge in [0.25, 0.3) is 0 Å². The molecule has 8 unspecified atom stereocenters. The lowest BCUT2D eigenvalue weighted by Crippen LogP contribution is -2.54. The summed E-state index contributed by atoms with van der Waals surface area (Å²) in [5.41, 5.74) is -1.14. The Labute approximate surface area is 177 Å². The van der Waals surface area contributed by atoms with Crippen molar-refractivity contribution in [2.24, 2.45) is 17.3 Å². The molecule has 2 heterocycles. The Kier molecular flexibility index (Phi) is 6.63. The molecule has 30 heavy (non-hydrogen) atoms. The van der Waals surface area contributed by atoms with Crippen molar-refractivity contribution >= 4 is 11.9 Å². The van der Waals surface area contributed by atoms with Gasteiger partial charge in [0.1, 0.15) is 0 Å². The predicted molar refractivity (Wildman–Crippen MR) is 107 cm³/mol. The van der Waals surface area contributed by atoms with Gasteiger partial charge in [0.05, 0.1) is 35.9 Å². The van der Waals surface area contributed by atoms with Gasteiger partial charge in [-0.05, 0) is 57.3 Å². The Balaban J connectivity index is 1.54. The molecule has 2 N–H and O–H groups in total. The van der Waals surface area contributed by atoms with E-state index in [1.54, 1.807) is 0 Å². The average molecular weight is 423 g/mol. The third-order valence-electron chi connectivity index (χ3n) is 7.69. The summed E-state index contributed by atoms with van der Waals surface area (Å²) in [4.78, 5) is 25.2. The highest BCUT2D eigenvalue weighted by atomic mass is 16.6. The summed E-state index contributed by atoms with van der Waals surface area (Å²) >= 11 is 0. The number of hydrogen-bond donors (Lipinski definition) is 2. The van der Waals surface area contributed by atoms with Gasteiger partial charge in [-0.3, -0.25) is 4.79 Å². The van der Waals surface area contributed by atoms with Gasteiger partial charge in [0.15, 0.2) is 0 Å². The third kappa shape index (κ3) is 4.35. The van der Waals surface area contributed by atoms with Crippen LogP contribution in [0.1, 0.15) is 64.2 Å². The fraction of sp³-hybridized carbons (Fsp3) is 0.826. The number of ether oxygens (including phenoxy) is 3. The molecule has 168 valence electrons. The lowest BCUT2D eigenvalue weighted by molar-refractivity contribution is -0.178. The van der Waals surface area contributed by atoms with Crippen molar-refractivity contribution in [1.29, 1.82) is 0 Å². The Morgan fingerprint density at radius 2 is 1.97 bits per heavy atom. The molecule has 0 radical (unpaired) electrons. The largest absolute Gasteiger partial charge is 0.396 e. The van der Waals surface area contributed by atoms with Crippen LogP contribution in [-0.2, 0) is 23.8 Å². The zero-order chi connectivity index (χ0) is 21.3. The number of aliphatic hydroxyl groups excluding tert-OH is 2. The van der Waals surface area contributed by atoms with Crippen LogP contribution in [0.5, 0.6) is 0 Å². The number of rotatable bonds is 10. The number of carbonyl (C=O) groups is 2. The van der Waals surface area contributed by atoms with E-state index < -0.39 is 23.5 Å². The number of carbonyl (C=O) groups excluding carboxylic acids is 2. The summed E-state index contributed by atoms with van der Waals surface area (Å²) in [6.07, 6.45) is 8.50. The molecule has 0 aromatic carbocycles. The highest BCUT2D eigenvalue weighted by molar-refractivity contribution is 5.94. The Morgan fingerprint density at radius 3 is 2.70 bits per heavy atom. The smallest absolute Gasteiger partial charge is 0.337 e. The summed E-state index contributed by atoms with van der Waals surface area (Å²) in [7, 11) is 0. The highest BCUT2D eigenvalue weighted by Gasteiger charge is 2.65. The van der Waals surface area contributed by atoms with Gasteiger partial charge in [-0.2, -0.15) is 0 Å². The van der Waals surface area contributed by atoms with Crippen molar-refractivity contribution in [3.63, 3.8) is 0 Å². The molecule has 2 saturated carbocycles. The van der Waals surface area contributed by atoms with Crippen LogP contribution >= 0.6 is 0 Å². The second kappa shape index (κ2) is 9.07. The monoisotopic (exact) mass is 422 g/mol. The van der Waals surface area contributed by atoms with E-state index in [9.17, 15) is 14.7 Å². The molecular weight excluding hydrogens is 388 g/mol. The van der Waals surface area contributed by atoms with Crippen molar-refractivity contribution in [1.82, 2.24) is 0 Å². The van der Waals surface area contributed by atoms with Gasteiger partial charge in [0, 0.05) is 18.6 Å². The molecule has 0 aromatic heterocycles. The number of fused-ring (bicyclic) bond motifs is 2. The lowest BCUT2D eigenvalue weighted by Gasteiger charge is -2.44. The summed E-state index contributed by atoms with van der Waals surface area (Å²) in [6, 6.07) is 0. The van der Waals surface area contributed by atoms with E-state index in [1.165, 1.54) is 0 Å². The molecule has 4 rings (SSSR count). The van der Waals surface area contributed by atoms with E-state index in [4.69, 9.17) is 19.3 Å². The molecule has 0 bridgehead atoms. The van der Waals surface area contributed by atoms with Crippen LogP contribution in [-0.4, -0.2) is 59.3 Å². The fourth-order valence-corrected chi connectivity index (χ4v) is 5.92. The topological polar surface area (TPSA) is 109 Å². The first-order valence-electron chi connectivity index (χ1n) is 11.5. The molecule has 8 atom stereocenters. The van der Waals surface area contributed by atoms with Gasteiger partial charge < -0.3 is 24.4 Å². The number of epoxide rings is 2. The van der Waals surface area contributed by atoms with Crippen LogP contribution in [0.15, 0.2) is 12.7 Å². The fourth-order valence-electron chi connectivity index (χ4n) is 5.92. The Morgan fingerprint density at radius 1 is 1.13 bits per heavy atom. The van der Waals surface area contributed by atoms with Gasteiger partial charge in [-0.1, -0.05) is 19.4 Å². The quantitative estimate of drug-likeness (QED) is 0.183. The summed E-state index contributed by atoms with van der Waals surface area (Å²) in [5.74, 6) is -1.17. The zero-order valence-corrected chi connectivity index (χ0v) is 17.5. The maximum Gasteiger partial charge on any atom is 0.337 e. The van der Waals surface area contributed by atoms with E-state index in [0.717, 1.165) is 38.2 Å². The number of hydrogen-bond acceptors (Lipinski definition) is 7. The normalized spacial score (nSPS) is 39.9. The standard InChI is InChI=1S/C23H34O7/c1-2-20(26)30-22(27)23(19(25)6-4-3-5-11-24)10-9-17-21(29-17)15(23)12-14-7-8-16-18(13-14)28-16/h2,14-19,21,24-25H,1,3-13H2. The molecule has 2 aliphatic heterocycles. The van der Waals surface area contributed by atoms with Crippen LogP contribution in [0.2, 0.25) is 0 Å². The maximum atomic E-state index is 13.3. The van der Waals surface area contributed by atoms with E-state index in [2.05, 4.69) is 6.58 Å². The van der Waals surface area contributed by atoms with Crippen LogP contribution < -0.4 is 0 Å². The minimum absolute atomic E-state index is 0.0601. The zero-order valence-electron chi connectivity index (χ0n) is 17.5. The van der Waals surface area contributed by atoms with Gasteiger partial charge in [0.2, 0.25) is 0 Å². The van der Waals surface area contributed by atoms with E-state index in [1.807, 2.05) is 0 Å². The van der Waals surface area contributed by atoms with E-state index in [-0.39, 0.29) is 24.7 Å². The second-order valence-electron chi connectivity index (χ2n) is 9.45. The molecule has 2 saturated heterocycles. The summed E-state index contributed by atoms with van der Waals surface area (Å²) in [6.45, 7) is 3.51. The van der Waals surface area contributed by atoms with E-state index >= 15 is 0 Å². The van der Waals surface area contributed by atoms with Crippen LogP contribution in [0.4, 0.5) is 0 Å². The molecule has 4 aliphatic rings. The first-order valence-corrected chi connectivity index (χ1v) is 11.5. The van der Waals surface area contributed by atoms with Crippen molar-refractivity contribution in [3.8, 4) is 0 Å². The molecule has 2 aliphatic carbocycles. The van der Waals surface area contributed by atoms with Gasteiger partial charge >= 0.3 is 11.9 Å². The van der Waals surface area contributed by atoms with Crippen molar-refractivity contribution in [2.45, 2.75) is 94.7 Å². The Bertz CT molecular complexity index is 664. The van der Waals surface area contributed by atoms with Crippen LogP contribution in [0, 0.1) is 17.3 Å². The second-order valence-corrected chi connectivity index (χ2v) is 9.45. The number of unbranched alkanes of at least 4 members (excludes halogenated alkanes) is 2. The molecule has 0 amide bonds. The molecule has 4 fully saturated rings. The van der Waals surface area contributed by atoms with Gasteiger partial charge in [-0.25, -0.2) is 4.79 Å². The Hall–Kier alpha value is -1.28. The highest BCUT2D eigenvalue weighted by Crippen LogP contribution is 2.57. The predicted octanol–water partition coefficient (Wildman–Crippen LogP) is 2.28. The first-order chi connectivity index (χ1) is 14.5. The summed E-state index contributed by atoms with van der Waals surface area (Å²) in [5, 5.41) is 20.3. The molecule has 0 aromatic rings. The van der Waals surface area contributed by atoms with Crippen molar-refractivity contribution in [3.05, 3.63) is 12.7 Å². The minimum atomic E-state index is -1.14. The van der Waals surface area contributed by atoms with E-state index in [0.29, 0.717) is 50.2 Å².